The lowest BCUT2D eigenvalue weighted by atomic mass is 9.95. The zero-order valence-corrected chi connectivity index (χ0v) is 12.5. The van der Waals surface area contributed by atoms with Crippen molar-refractivity contribution in [3.63, 3.8) is 0 Å². The number of hydrogen-bond donors (Lipinski definition) is 2. The first kappa shape index (κ1) is 16.1. The van der Waals surface area contributed by atoms with Crippen molar-refractivity contribution >= 4 is 11.7 Å². The average Bonchev–Trinajstić information content (AvgIpc) is 2.30. The van der Waals surface area contributed by atoms with Gasteiger partial charge in [0.05, 0.1) is 12.6 Å². The molecule has 5 heteroatoms. The summed E-state index contributed by atoms with van der Waals surface area (Å²) in [4.78, 5) is 25.6. The third-order valence-electron chi connectivity index (χ3n) is 3.84. The number of rotatable bonds is 5. The predicted octanol–water partition coefficient (Wildman–Crippen LogP) is 0.385. The monoisotopic (exact) mass is 269 g/mol. The van der Waals surface area contributed by atoms with E-state index in [1.807, 2.05) is 13.8 Å². The molecule has 19 heavy (non-hydrogen) atoms. The molecule has 0 saturated carbocycles. The number of nitrogens with two attached hydrogens (primary N) is 1. The van der Waals surface area contributed by atoms with Gasteiger partial charge in [-0.2, -0.15) is 0 Å². The smallest absolute Gasteiger partial charge is 0.234 e. The summed E-state index contributed by atoms with van der Waals surface area (Å²) in [7, 11) is 0. The minimum absolute atomic E-state index is 0.0115. The minimum atomic E-state index is -0.378. The van der Waals surface area contributed by atoms with Crippen molar-refractivity contribution in [3.8, 4) is 0 Å². The van der Waals surface area contributed by atoms with Crippen LogP contribution in [0.2, 0.25) is 0 Å². The maximum atomic E-state index is 12.0. The quantitative estimate of drug-likeness (QED) is 0.757. The van der Waals surface area contributed by atoms with E-state index in [0.29, 0.717) is 12.5 Å². The lowest BCUT2D eigenvalue weighted by Crippen LogP contribution is -2.51. The van der Waals surface area contributed by atoms with E-state index in [4.69, 9.17) is 5.73 Å². The molecule has 1 amide bonds. The van der Waals surface area contributed by atoms with Crippen molar-refractivity contribution in [3.05, 3.63) is 0 Å². The topological polar surface area (TPSA) is 75.4 Å². The third kappa shape index (κ3) is 4.91. The van der Waals surface area contributed by atoms with Crippen molar-refractivity contribution in [2.45, 2.75) is 46.2 Å². The van der Waals surface area contributed by atoms with Gasteiger partial charge in [-0.25, -0.2) is 0 Å². The van der Waals surface area contributed by atoms with E-state index in [1.54, 1.807) is 0 Å². The molecule has 5 nitrogen and oxygen atoms in total. The first-order valence-corrected chi connectivity index (χ1v) is 7.09. The SMILES string of the molecule is CC(=O)C(NC(=O)CN1CCC(N)C(C)C1)C(C)C. The van der Waals surface area contributed by atoms with Gasteiger partial charge in [0.15, 0.2) is 5.78 Å². The van der Waals surface area contributed by atoms with Crippen LogP contribution in [0.3, 0.4) is 0 Å². The maximum absolute atomic E-state index is 12.0. The van der Waals surface area contributed by atoms with Gasteiger partial charge in [-0.15, -0.1) is 0 Å². The number of nitrogens with zero attached hydrogens (tertiary/aromatic N) is 1. The number of carbonyl (C=O) groups is 2. The standard InChI is InChI=1S/C14H27N3O2/c1-9(2)14(11(4)18)16-13(19)8-17-6-5-12(15)10(3)7-17/h9-10,12,14H,5-8,15H2,1-4H3,(H,16,19). The fraction of sp³-hybridized carbons (Fsp3) is 0.857. The Kier molecular flexibility index (Phi) is 5.94. The number of hydrogen-bond acceptors (Lipinski definition) is 4. The minimum Gasteiger partial charge on any atom is -0.345 e. The molecule has 1 aliphatic rings. The first-order valence-electron chi connectivity index (χ1n) is 7.09. The summed E-state index contributed by atoms with van der Waals surface area (Å²) < 4.78 is 0. The highest BCUT2D eigenvalue weighted by atomic mass is 16.2. The second-order valence-corrected chi connectivity index (χ2v) is 6.06. The Morgan fingerprint density at radius 1 is 1.42 bits per heavy atom. The maximum Gasteiger partial charge on any atom is 0.234 e. The van der Waals surface area contributed by atoms with Gasteiger partial charge in [-0.05, 0) is 25.2 Å². The van der Waals surface area contributed by atoms with Crippen LogP contribution in [0.1, 0.15) is 34.1 Å². The average molecular weight is 269 g/mol. The molecule has 0 aromatic rings. The van der Waals surface area contributed by atoms with E-state index < -0.39 is 0 Å². The molecule has 0 spiro atoms. The Morgan fingerprint density at radius 3 is 2.53 bits per heavy atom. The van der Waals surface area contributed by atoms with E-state index >= 15 is 0 Å². The van der Waals surface area contributed by atoms with Gasteiger partial charge in [-0.1, -0.05) is 20.8 Å². The Balaban J connectivity index is 2.44. The van der Waals surface area contributed by atoms with Gasteiger partial charge in [0, 0.05) is 19.1 Å². The fourth-order valence-electron chi connectivity index (χ4n) is 2.55. The van der Waals surface area contributed by atoms with Crippen LogP contribution in [-0.4, -0.2) is 48.3 Å². The van der Waals surface area contributed by atoms with Crippen LogP contribution in [0.4, 0.5) is 0 Å². The zero-order chi connectivity index (χ0) is 14.6. The lowest BCUT2D eigenvalue weighted by Gasteiger charge is -2.34. The summed E-state index contributed by atoms with van der Waals surface area (Å²) >= 11 is 0. The highest BCUT2D eigenvalue weighted by Crippen LogP contribution is 2.14. The second kappa shape index (κ2) is 7.01. The molecular formula is C14H27N3O2. The van der Waals surface area contributed by atoms with Crippen LogP contribution in [0.5, 0.6) is 0 Å². The van der Waals surface area contributed by atoms with Crippen molar-refractivity contribution in [2.75, 3.05) is 19.6 Å². The van der Waals surface area contributed by atoms with E-state index in [1.165, 1.54) is 6.92 Å². The van der Waals surface area contributed by atoms with Crippen LogP contribution in [0, 0.1) is 11.8 Å². The van der Waals surface area contributed by atoms with Gasteiger partial charge in [0.25, 0.3) is 0 Å². The van der Waals surface area contributed by atoms with Crippen LogP contribution in [-0.2, 0) is 9.59 Å². The van der Waals surface area contributed by atoms with Crippen molar-refractivity contribution in [1.82, 2.24) is 10.2 Å². The fourth-order valence-corrected chi connectivity index (χ4v) is 2.55. The van der Waals surface area contributed by atoms with E-state index in [2.05, 4.69) is 17.1 Å². The Bertz CT molecular complexity index is 331. The predicted molar refractivity (Wildman–Crippen MR) is 75.6 cm³/mol. The van der Waals surface area contributed by atoms with Crippen LogP contribution in [0.15, 0.2) is 0 Å². The van der Waals surface area contributed by atoms with Crippen molar-refractivity contribution in [1.29, 1.82) is 0 Å². The van der Waals surface area contributed by atoms with Crippen LogP contribution in [0.25, 0.3) is 0 Å². The molecule has 1 aliphatic heterocycles. The van der Waals surface area contributed by atoms with Gasteiger partial charge >= 0.3 is 0 Å². The number of piperidine rings is 1. The van der Waals surface area contributed by atoms with Crippen molar-refractivity contribution < 1.29 is 9.59 Å². The van der Waals surface area contributed by atoms with E-state index in [0.717, 1.165) is 19.5 Å². The molecule has 3 N–H and O–H groups in total. The summed E-state index contributed by atoms with van der Waals surface area (Å²) in [5.74, 6) is 0.472. The zero-order valence-electron chi connectivity index (χ0n) is 12.5. The van der Waals surface area contributed by atoms with E-state index in [9.17, 15) is 9.59 Å². The summed E-state index contributed by atoms with van der Waals surface area (Å²) in [5.41, 5.74) is 5.96. The molecule has 1 fully saturated rings. The summed E-state index contributed by atoms with van der Waals surface area (Å²) in [6.45, 7) is 9.57. The molecule has 0 aromatic heterocycles. The van der Waals surface area contributed by atoms with E-state index in [-0.39, 0.29) is 29.7 Å². The van der Waals surface area contributed by atoms with Crippen LogP contribution >= 0.6 is 0 Å². The number of carbonyl (C=O) groups excluding carboxylic acids is 2. The highest BCUT2D eigenvalue weighted by Gasteiger charge is 2.26. The third-order valence-corrected chi connectivity index (χ3v) is 3.84. The molecule has 1 heterocycles. The second-order valence-electron chi connectivity index (χ2n) is 6.06. The normalized spacial score (nSPS) is 26.2. The highest BCUT2D eigenvalue weighted by molar-refractivity contribution is 5.88. The molecule has 3 atom stereocenters. The molecule has 0 radical (unpaired) electrons. The Labute approximate surface area is 115 Å². The molecule has 3 unspecified atom stereocenters. The van der Waals surface area contributed by atoms with Gasteiger partial charge in [0.2, 0.25) is 5.91 Å². The van der Waals surface area contributed by atoms with Gasteiger partial charge in [-0.3, -0.25) is 14.5 Å². The largest absolute Gasteiger partial charge is 0.345 e. The Morgan fingerprint density at radius 2 is 2.05 bits per heavy atom. The lowest BCUT2D eigenvalue weighted by molar-refractivity contribution is -0.128. The number of Topliss-reactive ketones (excluding diaryl/α,β-unsaturated/α-hetero) is 1. The first-order chi connectivity index (χ1) is 8.81. The van der Waals surface area contributed by atoms with Crippen LogP contribution < -0.4 is 11.1 Å². The molecule has 0 aromatic carbocycles. The summed E-state index contributed by atoms with van der Waals surface area (Å²) in [6, 6.07) is -0.142. The number of ketones is 1. The Hall–Kier alpha value is -0.940. The molecular weight excluding hydrogens is 242 g/mol. The molecule has 1 saturated heterocycles. The molecule has 0 bridgehead atoms. The summed E-state index contributed by atoms with van der Waals surface area (Å²) in [5, 5.41) is 2.83. The number of amides is 1. The van der Waals surface area contributed by atoms with Gasteiger partial charge in [0.1, 0.15) is 0 Å². The molecule has 1 rings (SSSR count). The molecule has 0 aliphatic carbocycles. The number of likely N-dealkylation sites (tertiary alicyclic amines) is 1. The van der Waals surface area contributed by atoms with Crippen molar-refractivity contribution in [2.24, 2.45) is 17.6 Å². The number of nitrogens with one attached hydrogen (secondary N) is 1. The summed E-state index contributed by atoms with van der Waals surface area (Å²) in [6.07, 6.45) is 0.925. The van der Waals surface area contributed by atoms with Gasteiger partial charge < -0.3 is 11.1 Å². The molecule has 110 valence electrons.